The molecule has 3 aromatic carbocycles. The van der Waals surface area contributed by atoms with Gasteiger partial charge in [0.1, 0.15) is 0 Å². The molecule has 0 amide bonds. The molecule has 2 aromatic heterocycles. The molecule has 4 N–H and O–H groups in total. The molecule has 4 atom stereocenters. The zero-order chi connectivity index (χ0) is 32.2. The maximum Gasteiger partial charge on any atom is 0.0595 e. The molecule has 1 radical (unpaired) electrons. The Balaban J connectivity index is 0.000000339. The molecule has 0 aliphatic carbocycles. The van der Waals surface area contributed by atoms with Crippen LogP contribution in [0.1, 0.15) is 27.7 Å². The van der Waals surface area contributed by atoms with Gasteiger partial charge in [0.2, 0.25) is 0 Å². The summed E-state index contributed by atoms with van der Waals surface area (Å²) in [6.45, 7) is 6.20. The van der Waals surface area contributed by atoms with E-state index in [1.54, 1.807) is 52.1 Å². The smallest absolute Gasteiger partial charge is 0.0595 e. The average molecular weight is 988 g/mol. The van der Waals surface area contributed by atoms with Gasteiger partial charge in [0.15, 0.2) is 0 Å². The van der Waals surface area contributed by atoms with Gasteiger partial charge in [-0.25, -0.2) is 0 Å². The second-order valence-corrected chi connectivity index (χ2v) is 10.5. The minimum absolute atomic E-state index is 0. The molecule has 10 heteroatoms. The number of pyridine rings is 2. The SMILES string of the molecule is CC(O)C(C(C)O)C(C(C)O)C(C)O.Fc1c[c-]c(-c2ccccn2)c(F)c1.[Ir].[Pt].[c-]1ccccc1-c1ccc2ccccc2n1. The molecule has 0 saturated heterocycles. The van der Waals surface area contributed by atoms with Gasteiger partial charge in [-0.3, -0.25) is 13.8 Å². The fourth-order valence-electron chi connectivity index (χ4n) is 5.01. The predicted molar refractivity (Wildman–Crippen MR) is 168 cm³/mol. The molecule has 2 heterocycles. The number of nitrogens with zero attached hydrogens (tertiary/aromatic N) is 2. The Hall–Kier alpha value is -2.74. The number of fused-ring (bicyclic) bond motifs is 1. The van der Waals surface area contributed by atoms with E-state index in [4.69, 9.17) is 0 Å². The van der Waals surface area contributed by atoms with Gasteiger partial charge in [-0.2, -0.15) is 0 Å². The fraction of sp³-hybridized carbons (Fsp3) is 0.278. The van der Waals surface area contributed by atoms with E-state index >= 15 is 0 Å². The van der Waals surface area contributed by atoms with Crippen LogP contribution in [0.25, 0.3) is 33.4 Å². The third-order valence-corrected chi connectivity index (χ3v) is 7.03. The third kappa shape index (κ3) is 12.1. The number of halogens is 2. The predicted octanol–water partition coefficient (Wildman–Crippen LogP) is 6.27. The van der Waals surface area contributed by atoms with Crippen LogP contribution in [0.2, 0.25) is 0 Å². The molecule has 4 unspecified atom stereocenters. The largest absolute Gasteiger partial charge is 0.393 e. The van der Waals surface area contributed by atoms with Crippen molar-refractivity contribution in [3.63, 3.8) is 0 Å². The van der Waals surface area contributed by atoms with E-state index in [0.29, 0.717) is 5.69 Å². The third-order valence-electron chi connectivity index (χ3n) is 7.03. The first-order valence-corrected chi connectivity index (χ1v) is 14.3. The van der Waals surface area contributed by atoms with Gasteiger partial charge in [0.25, 0.3) is 0 Å². The molecular weight excluding hydrogens is 950 g/mol. The summed E-state index contributed by atoms with van der Waals surface area (Å²) >= 11 is 0. The Bertz CT molecular complexity index is 1540. The second kappa shape index (κ2) is 20.5. The summed E-state index contributed by atoms with van der Waals surface area (Å²) < 4.78 is 25.8. The molecule has 6 nitrogen and oxygen atoms in total. The second-order valence-electron chi connectivity index (χ2n) is 10.5. The summed E-state index contributed by atoms with van der Waals surface area (Å²) in [5.74, 6) is -2.32. The standard InChI is InChI=1S/C15H10N.C11H6F2N.C10H22O4.Ir.Pt/c1-2-6-12(7-3-1)15-11-10-13-8-4-5-9-14(13)16-15;12-8-4-5-9(10(13)7-8)11-3-1-2-6-14-11;1-5(11)9(6(2)12)10(7(3)13)8(4)14;;/h1-6,8-11H;1-4,6-7H;5-14H,1-4H3;;/q2*-1;;;. The van der Waals surface area contributed by atoms with Crippen molar-refractivity contribution in [2.24, 2.45) is 11.8 Å². The number of aliphatic hydroxyl groups is 4. The monoisotopic (exact) mass is 988 g/mol. The topological polar surface area (TPSA) is 107 Å². The van der Waals surface area contributed by atoms with Crippen molar-refractivity contribution >= 4 is 10.9 Å². The fourth-order valence-corrected chi connectivity index (χ4v) is 5.01. The minimum Gasteiger partial charge on any atom is -0.393 e. The van der Waals surface area contributed by atoms with Crippen molar-refractivity contribution in [2.45, 2.75) is 52.1 Å². The first-order valence-electron chi connectivity index (χ1n) is 14.3. The van der Waals surface area contributed by atoms with Gasteiger partial charge in [-0.1, -0.05) is 54.1 Å². The van der Waals surface area contributed by atoms with Crippen LogP contribution < -0.4 is 0 Å². The van der Waals surface area contributed by atoms with E-state index in [2.05, 4.69) is 34.2 Å². The molecule has 5 aromatic rings. The van der Waals surface area contributed by atoms with Crippen molar-refractivity contribution < 1.29 is 70.4 Å². The first-order chi connectivity index (χ1) is 21.0. The summed E-state index contributed by atoms with van der Waals surface area (Å²) in [5.41, 5.74) is 3.67. The molecular formula is C36H38F2IrN2O4Pt-2. The van der Waals surface area contributed by atoms with E-state index in [-0.39, 0.29) is 46.7 Å². The summed E-state index contributed by atoms with van der Waals surface area (Å²) in [6.07, 6.45) is -1.49. The first kappa shape index (κ1) is 41.3. The Morgan fingerprint density at radius 3 is 1.78 bits per heavy atom. The van der Waals surface area contributed by atoms with E-state index in [9.17, 15) is 29.2 Å². The van der Waals surface area contributed by atoms with Gasteiger partial charge in [-0.15, -0.1) is 48.0 Å². The quantitative estimate of drug-likeness (QED) is 0.144. The van der Waals surface area contributed by atoms with Gasteiger partial charge in [-0.05, 0) is 56.6 Å². The maximum atomic E-state index is 13.2. The Morgan fingerprint density at radius 1 is 0.674 bits per heavy atom. The van der Waals surface area contributed by atoms with Crippen LogP contribution in [0.5, 0.6) is 0 Å². The van der Waals surface area contributed by atoms with Crippen LogP contribution >= 0.6 is 0 Å². The molecule has 0 bridgehead atoms. The van der Waals surface area contributed by atoms with Crippen LogP contribution in [-0.4, -0.2) is 54.8 Å². The summed E-state index contributed by atoms with van der Waals surface area (Å²) in [4.78, 5) is 8.56. The summed E-state index contributed by atoms with van der Waals surface area (Å²) in [5, 5.41) is 39.0. The Kier molecular flexibility index (Phi) is 18.4. The molecule has 0 saturated carbocycles. The Labute approximate surface area is 297 Å². The normalized spacial score (nSPS) is 14.3. The summed E-state index contributed by atoms with van der Waals surface area (Å²) in [6, 6.07) is 32.9. The number of benzene rings is 3. The average Bonchev–Trinajstić information content (AvgIpc) is 3.00. The number of para-hydroxylation sites is 1. The van der Waals surface area contributed by atoms with E-state index < -0.39 is 47.9 Å². The van der Waals surface area contributed by atoms with Crippen molar-refractivity contribution in [1.29, 1.82) is 0 Å². The minimum atomic E-state index is -0.760. The molecule has 5 rings (SSSR count). The Morgan fingerprint density at radius 2 is 1.26 bits per heavy atom. The molecule has 0 aliphatic heterocycles. The van der Waals surface area contributed by atoms with Crippen LogP contribution in [0.3, 0.4) is 0 Å². The van der Waals surface area contributed by atoms with Gasteiger partial charge in [0.05, 0.1) is 29.9 Å². The van der Waals surface area contributed by atoms with Crippen LogP contribution in [0.4, 0.5) is 8.78 Å². The number of aromatic nitrogens is 2. The van der Waals surface area contributed by atoms with Crippen molar-refractivity contribution in [3.05, 3.63) is 121 Å². The molecule has 0 spiro atoms. The zero-order valence-corrected chi connectivity index (χ0v) is 30.5. The van der Waals surface area contributed by atoms with Gasteiger partial charge in [0, 0.05) is 70.8 Å². The van der Waals surface area contributed by atoms with E-state index in [1.807, 2.05) is 48.5 Å². The van der Waals surface area contributed by atoms with Crippen LogP contribution in [-0.2, 0) is 41.2 Å². The van der Waals surface area contributed by atoms with Crippen LogP contribution in [0, 0.1) is 35.6 Å². The van der Waals surface area contributed by atoms with Gasteiger partial charge < -0.3 is 25.4 Å². The zero-order valence-electron chi connectivity index (χ0n) is 25.8. The van der Waals surface area contributed by atoms with Crippen molar-refractivity contribution in [2.75, 3.05) is 0 Å². The number of hydrogen-bond acceptors (Lipinski definition) is 6. The number of rotatable bonds is 7. The van der Waals surface area contributed by atoms with Crippen molar-refractivity contribution in [1.82, 2.24) is 9.97 Å². The molecule has 0 fully saturated rings. The molecule has 0 aliphatic rings. The number of aliphatic hydroxyl groups excluding tert-OH is 4. The summed E-state index contributed by atoms with van der Waals surface area (Å²) in [7, 11) is 0. The molecule has 251 valence electrons. The van der Waals surface area contributed by atoms with Crippen molar-refractivity contribution in [3.8, 4) is 22.5 Å². The van der Waals surface area contributed by atoms with Gasteiger partial charge >= 0.3 is 0 Å². The maximum absolute atomic E-state index is 13.2. The van der Waals surface area contributed by atoms with Crippen LogP contribution in [0.15, 0.2) is 97.2 Å². The number of hydrogen-bond donors (Lipinski definition) is 4. The van der Waals surface area contributed by atoms with E-state index in [0.717, 1.165) is 28.9 Å². The molecule has 46 heavy (non-hydrogen) atoms. The van der Waals surface area contributed by atoms with E-state index in [1.165, 1.54) is 5.39 Å².